The molecule has 0 bridgehead atoms. The number of aromatic nitrogens is 1. The average molecular weight is 235 g/mol. The van der Waals surface area contributed by atoms with Crippen molar-refractivity contribution in [1.29, 1.82) is 0 Å². The standard InChI is InChI=1S/C13H21N3O/c1-10-4-5-11(8-15-10)13-12(9-14-2)17-7-6-16(13)3/h4-5,8,12-14H,6-7,9H2,1-3H3. The van der Waals surface area contributed by atoms with E-state index >= 15 is 0 Å². The van der Waals surface area contributed by atoms with E-state index in [2.05, 4.69) is 34.4 Å². The molecule has 4 nitrogen and oxygen atoms in total. The molecule has 0 amide bonds. The number of likely N-dealkylation sites (N-methyl/N-ethyl adjacent to an activating group) is 2. The minimum atomic E-state index is 0.197. The molecule has 1 aromatic rings. The largest absolute Gasteiger partial charge is 0.374 e. The Hall–Kier alpha value is -0.970. The van der Waals surface area contributed by atoms with Crippen LogP contribution in [0.15, 0.2) is 18.3 Å². The van der Waals surface area contributed by atoms with Crippen LogP contribution in [0, 0.1) is 6.92 Å². The van der Waals surface area contributed by atoms with Crippen LogP contribution in [-0.4, -0.2) is 49.8 Å². The van der Waals surface area contributed by atoms with E-state index in [1.807, 2.05) is 20.2 Å². The summed E-state index contributed by atoms with van der Waals surface area (Å²) < 4.78 is 5.85. The minimum absolute atomic E-state index is 0.197. The Labute approximate surface area is 103 Å². The highest BCUT2D eigenvalue weighted by molar-refractivity contribution is 5.19. The lowest BCUT2D eigenvalue weighted by molar-refractivity contribution is -0.0607. The van der Waals surface area contributed by atoms with Crippen LogP contribution in [0.5, 0.6) is 0 Å². The molecule has 1 fully saturated rings. The van der Waals surface area contributed by atoms with Gasteiger partial charge in [0.15, 0.2) is 0 Å². The quantitative estimate of drug-likeness (QED) is 0.847. The summed E-state index contributed by atoms with van der Waals surface area (Å²) in [7, 11) is 4.11. The van der Waals surface area contributed by atoms with E-state index in [-0.39, 0.29) is 6.10 Å². The second-order valence-electron chi connectivity index (χ2n) is 4.63. The van der Waals surface area contributed by atoms with Crippen LogP contribution in [0.25, 0.3) is 0 Å². The number of rotatable bonds is 3. The van der Waals surface area contributed by atoms with E-state index in [0.29, 0.717) is 6.04 Å². The summed E-state index contributed by atoms with van der Waals surface area (Å²) in [6.07, 6.45) is 2.16. The third kappa shape index (κ3) is 2.83. The third-order valence-electron chi connectivity index (χ3n) is 3.28. The first-order valence-corrected chi connectivity index (χ1v) is 6.11. The second-order valence-corrected chi connectivity index (χ2v) is 4.63. The number of hydrogen-bond donors (Lipinski definition) is 1. The maximum Gasteiger partial charge on any atom is 0.0896 e. The first kappa shape index (κ1) is 12.5. The fourth-order valence-corrected chi connectivity index (χ4v) is 2.36. The summed E-state index contributed by atoms with van der Waals surface area (Å²) in [5.74, 6) is 0. The molecule has 4 heteroatoms. The highest BCUT2D eigenvalue weighted by atomic mass is 16.5. The summed E-state index contributed by atoms with van der Waals surface area (Å²) in [5.41, 5.74) is 2.29. The smallest absolute Gasteiger partial charge is 0.0896 e. The molecule has 94 valence electrons. The first-order valence-electron chi connectivity index (χ1n) is 6.11. The predicted molar refractivity (Wildman–Crippen MR) is 68.0 cm³/mol. The molecule has 0 aromatic carbocycles. The van der Waals surface area contributed by atoms with Crippen LogP contribution in [0.3, 0.4) is 0 Å². The average Bonchev–Trinajstić information content (AvgIpc) is 2.32. The molecule has 1 saturated heterocycles. The number of morpholine rings is 1. The van der Waals surface area contributed by atoms with E-state index in [0.717, 1.165) is 25.4 Å². The molecule has 0 saturated carbocycles. The van der Waals surface area contributed by atoms with E-state index in [1.165, 1.54) is 5.56 Å². The Morgan fingerprint density at radius 3 is 3.00 bits per heavy atom. The topological polar surface area (TPSA) is 37.4 Å². The van der Waals surface area contributed by atoms with Gasteiger partial charge >= 0.3 is 0 Å². The minimum Gasteiger partial charge on any atom is -0.374 e. The van der Waals surface area contributed by atoms with E-state index < -0.39 is 0 Å². The lowest BCUT2D eigenvalue weighted by Crippen LogP contribution is -2.47. The van der Waals surface area contributed by atoms with Gasteiger partial charge in [-0.15, -0.1) is 0 Å². The van der Waals surface area contributed by atoms with E-state index in [4.69, 9.17) is 4.74 Å². The Morgan fingerprint density at radius 1 is 1.53 bits per heavy atom. The van der Waals surface area contributed by atoms with Gasteiger partial charge in [-0.2, -0.15) is 0 Å². The molecular formula is C13H21N3O. The Kier molecular flexibility index (Phi) is 4.10. The summed E-state index contributed by atoms with van der Waals surface area (Å²) >= 11 is 0. The van der Waals surface area contributed by atoms with Crippen LogP contribution in [0.4, 0.5) is 0 Å². The van der Waals surface area contributed by atoms with Crippen molar-refractivity contribution in [3.05, 3.63) is 29.6 Å². The Bertz CT molecular complexity index is 350. The monoisotopic (exact) mass is 235 g/mol. The zero-order valence-electron chi connectivity index (χ0n) is 10.8. The van der Waals surface area contributed by atoms with Gasteiger partial charge in [0.05, 0.1) is 18.8 Å². The van der Waals surface area contributed by atoms with Gasteiger partial charge < -0.3 is 10.1 Å². The normalized spacial score (nSPS) is 26.1. The molecule has 0 radical (unpaired) electrons. The van der Waals surface area contributed by atoms with Crippen LogP contribution in [0.1, 0.15) is 17.3 Å². The van der Waals surface area contributed by atoms with Gasteiger partial charge in [0, 0.05) is 25.0 Å². The fourth-order valence-electron chi connectivity index (χ4n) is 2.36. The molecule has 0 spiro atoms. The third-order valence-corrected chi connectivity index (χ3v) is 3.28. The van der Waals surface area contributed by atoms with Crippen LogP contribution in [-0.2, 0) is 4.74 Å². The van der Waals surface area contributed by atoms with Crippen molar-refractivity contribution in [1.82, 2.24) is 15.2 Å². The number of hydrogen-bond acceptors (Lipinski definition) is 4. The Morgan fingerprint density at radius 2 is 2.35 bits per heavy atom. The van der Waals surface area contributed by atoms with Gasteiger partial charge in [-0.1, -0.05) is 6.07 Å². The van der Waals surface area contributed by atoms with Gasteiger partial charge in [-0.3, -0.25) is 9.88 Å². The lowest BCUT2D eigenvalue weighted by atomic mass is 10.00. The number of pyridine rings is 1. The van der Waals surface area contributed by atoms with E-state index in [1.54, 1.807) is 0 Å². The molecule has 2 heterocycles. The summed E-state index contributed by atoms with van der Waals surface area (Å²) in [6, 6.07) is 4.51. The number of aryl methyl sites for hydroxylation is 1. The SMILES string of the molecule is CNCC1OCCN(C)C1c1ccc(C)nc1. The van der Waals surface area contributed by atoms with Gasteiger partial charge in [-0.05, 0) is 32.6 Å². The van der Waals surface area contributed by atoms with Gasteiger partial charge in [0.25, 0.3) is 0 Å². The molecular weight excluding hydrogens is 214 g/mol. The number of nitrogens with zero attached hydrogens (tertiary/aromatic N) is 2. The fraction of sp³-hybridized carbons (Fsp3) is 0.615. The number of nitrogens with one attached hydrogen (secondary N) is 1. The molecule has 17 heavy (non-hydrogen) atoms. The summed E-state index contributed by atoms with van der Waals surface area (Å²) in [4.78, 5) is 6.73. The maximum atomic E-state index is 5.85. The molecule has 1 N–H and O–H groups in total. The molecule has 0 aliphatic carbocycles. The molecule has 2 unspecified atom stereocenters. The van der Waals surface area contributed by atoms with Crippen molar-refractivity contribution in [3.63, 3.8) is 0 Å². The lowest BCUT2D eigenvalue weighted by Gasteiger charge is -2.39. The van der Waals surface area contributed by atoms with Crippen LogP contribution >= 0.6 is 0 Å². The van der Waals surface area contributed by atoms with E-state index in [9.17, 15) is 0 Å². The van der Waals surface area contributed by atoms with Crippen LogP contribution < -0.4 is 5.32 Å². The number of ether oxygens (including phenoxy) is 1. The summed E-state index contributed by atoms with van der Waals surface area (Å²) in [6.45, 7) is 4.65. The molecule has 2 atom stereocenters. The van der Waals surface area contributed by atoms with Gasteiger partial charge in [-0.25, -0.2) is 0 Å². The Balaban J connectivity index is 2.21. The second kappa shape index (κ2) is 5.58. The van der Waals surface area contributed by atoms with Gasteiger partial charge in [0.1, 0.15) is 0 Å². The van der Waals surface area contributed by atoms with Crippen LogP contribution in [0.2, 0.25) is 0 Å². The van der Waals surface area contributed by atoms with Crippen molar-refractivity contribution in [2.45, 2.75) is 19.1 Å². The highest BCUT2D eigenvalue weighted by Gasteiger charge is 2.30. The maximum absolute atomic E-state index is 5.85. The molecule has 1 aliphatic heterocycles. The van der Waals surface area contributed by atoms with Gasteiger partial charge in [0.2, 0.25) is 0 Å². The zero-order chi connectivity index (χ0) is 12.3. The molecule has 2 rings (SSSR count). The van der Waals surface area contributed by atoms with Crippen molar-refractivity contribution < 1.29 is 4.74 Å². The molecule has 1 aliphatic rings. The first-order chi connectivity index (χ1) is 8.22. The highest BCUT2D eigenvalue weighted by Crippen LogP contribution is 2.27. The summed E-state index contributed by atoms with van der Waals surface area (Å²) in [5, 5.41) is 3.20. The zero-order valence-corrected chi connectivity index (χ0v) is 10.8. The van der Waals surface area contributed by atoms with Crippen molar-refractivity contribution in [2.75, 3.05) is 33.8 Å². The van der Waals surface area contributed by atoms with Crippen molar-refractivity contribution in [3.8, 4) is 0 Å². The van der Waals surface area contributed by atoms with Crippen molar-refractivity contribution in [2.24, 2.45) is 0 Å². The molecule has 1 aromatic heterocycles. The van der Waals surface area contributed by atoms with Crippen molar-refractivity contribution >= 4 is 0 Å². The predicted octanol–water partition coefficient (Wildman–Crippen LogP) is 0.981.